The van der Waals surface area contributed by atoms with Gasteiger partial charge in [-0.2, -0.15) is 0 Å². The highest BCUT2D eigenvalue weighted by atomic mass is 15.1. The van der Waals surface area contributed by atoms with Crippen molar-refractivity contribution in [3.8, 4) is 0 Å². The van der Waals surface area contributed by atoms with Crippen LogP contribution in [0.4, 0.5) is 11.5 Å². The topological polar surface area (TPSA) is 42.1 Å². The summed E-state index contributed by atoms with van der Waals surface area (Å²) in [6.07, 6.45) is 3.94. The average molecular weight is 191 g/mol. The maximum Gasteiger partial charge on any atom is 0.125 e. The quantitative estimate of drug-likeness (QED) is 0.738. The SMILES string of the molecule is Cc1cc(N2CCCCC2)cc(N)n1. The number of hydrogen-bond donors (Lipinski definition) is 1. The van der Waals surface area contributed by atoms with Crippen LogP contribution in [0.3, 0.4) is 0 Å². The van der Waals surface area contributed by atoms with Gasteiger partial charge in [-0.05, 0) is 32.3 Å². The Balaban J connectivity index is 2.21. The first-order chi connectivity index (χ1) is 6.75. The molecule has 1 aromatic heterocycles. The average Bonchev–Trinajstić information content (AvgIpc) is 2.18. The Hall–Kier alpha value is -1.25. The Labute approximate surface area is 84.9 Å². The summed E-state index contributed by atoms with van der Waals surface area (Å²) < 4.78 is 0. The van der Waals surface area contributed by atoms with Gasteiger partial charge in [0, 0.05) is 30.5 Å². The third kappa shape index (κ3) is 1.97. The number of nitrogens with zero attached hydrogens (tertiary/aromatic N) is 2. The molecule has 0 aromatic carbocycles. The molecule has 1 aliphatic rings. The first-order valence-corrected chi connectivity index (χ1v) is 5.25. The molecular weight excluding hydrogens is 174 g/mol. The first kappa shape index (κ1) is 9.31. The van der Waals surface area contributed by atoms with Crippen LogP contribution in [0.1, 0.15) is 25.0 Å². The molecule has 0 spiro atoms. The molecule has 76 valence electrons. The van der Waals surface area contributed by atoms with Crippen molar-refractivity contribution in [2.24, 2.45) is 0 Å². The van der Waals surface area contributed by atoms with Crippen molar-refractivity contribution in [2.75, 3.05) is 23.7 Å². The van der Waals surface area contributed by atoms with Gasteiger partial charge in [0.05, 0.1) is 0 Å². The predicted molar refractivity (Wildman–Crippen MR) is 59.5 cm³/mol. The van der Waals surface area contributed by atoms with Crippen LogP contribution in [0.5, 0.6) is 0 Å². The number of piperidine rings is 1. The van der Waals surface area contributed by atoms with E-state index in [0.29, 0.717) is 5.82 Å². The minimum absolute atomic E-state index is 0.630. The summed E-state index contributed by atoms with van der Waals surface area (Å²) in [6.45, 7) is 4.30. The van der Waals surface area contributed by atoms with Crippen molar-refractivity contribution in [2.45, 2.75) is 26.2 Å². The molecule has 0 atom stereocenters. The van der Waals surface area contributed by atoms with Crippen molar-refractivity contribution in [3.05, 3.63) is 17.8 Å². The summed E-state index contributed by atoms with van der Waals surface area (Å²) >= 11 is 0. The maximum absolute atomic E-state index is 5.73. The number of aryl methyl sites for hydroxylation is 1. The molecule has 3 nitrogen and oxygen atoms in total. The van der Waals surface area contributed by atoms with Gasteiger partial charge in [-0.1, -0.05) is 0 Å². The largest absolute Gasteiger partial charge is 0.384 e. The van der Waals surface area contributed by atoms with Crippen LogP contribution in [0, 0.1) is 6.92 Å². The molecule has 2 rings (SSSR count). The van der Waals surface area contributed by atoms with Gasteiger partial charge in [0.15, 0.2) is 0 Å². The van der Waals surface area contributed by atoms with Crippen molar-refractivity contribution in [3.63, 3.8) is 0 Å². The molecule has 1 aromatic rings. The van der Waals surface area contributed by atoms with Crippen molar-refractivity contribution < 1.29 is 0 Å². The van der Waals surface area contributed by atoms with E-state index in [1.54, 1.807) is 0 Å². The molecule has 0 saturated carbocycles. The van der Waals surface area contributed by atoms with Crippen LogP contribution < -0.4 is 10.6 Å². The number of hydrogen-bond acceptors (Lipinski definition) is 3. The smallest absolute Gasteiger partial charge is 0.125 e. The van der Waals surface area contributed by atoms with Crippen molar-refractivity contribution >= 4 is 11.5 Å². The number of anilines is 2. The second-order valence-electron chi connectivity index (χ2n) is 3.94. The summed E-state index contributed by atoms with van der Waals surface area (Å²) in [5.74, 6) is 0.630. The van der Waals surface area contributed by atoms with Gasteiger partial charge in [-0.3, -0.25) is 0 Å². The highest BCUT2D eigenvalue weighted by Crippen LogP contribution is 2.21. The van der Waals surface area contributed by atoms with Crippen LogP contribution in [0.25, 0.3) is 0 Å². The molecule has 2 N–H and O–H groups in total. The molecule has 0 radical (unpaired) electrons. The molecule has 0 unspecified atom stereocenters. The van der Waals surface area contributed by atoms with Crippen molar-refractivity contribution in [1.82, 2.24) is 4.98 Å². The van der Waals surface area contributed by atoms with Gasteiger partial charge in [0.1, 0.15) is 5.82 Å². The molecule has 1 saturated heterocycles. The van der Waals surface area contributed by atoms with Crippen LogP contribution in [-0.4, -0.2) is 18.1 Å². The molecule has 14 heavy (non-hydrogen) atoms. The van der Waals surface area contributed by atoms with E-state index in [9.17, 15) is 0 Å². The highest BCUT2D eigenvalue weighted by molar-refractivity contribution is 5.53. The maximum atomic E-state index is 5.73. The third-order valence-electron chi connectivity index (χ3n) is 2.68. The van der Waals surface area contributed by atoms with E-state index < -0.39 is 0 Å². The zero-order chi connectivity index (χ0) is 9.97. The zero-order valence-corrected chi connectivity index (χ0v) is 8.66. The van der Waals surface area contributed by atoms with Gasteiger partial charge < -0.3 is 10.6 Å². The number of nitrogens with two attached hydrogens (primary N) is 1. The molecule has 0 bridgehead atoms. The number of rotatable bonds is 1. The fourth-order valence-electron chi connectivity index (χ4n) is 2.01. The Morgan fingerprint density at radius 1 is 1.21 bits per heavy atom. The Morgan fingerprint density at radius 2 is 1.93 bits per heavy atom. The fraction of sp³-hybridized carbons (Fsp3) is 0.545. The van der Waals surface area contributed by atoms with Gasteiger partial charge >= 0.3 is 0 Å². The van der Waals surface area contributed by atoms with E-state index in [2.05, 4.69) is 16.0 Å². The zero-order valence-electron chi connectivity index (χ0n) is 8.66. The summed E-state index contributed by atoms with van der Waals surface area (Å²) in [5, 5.41) is 0. The van der Waals surface area contributed by atoms with Crippen molar-refractivity contribution in [1.29, 1.82) is 0 Å². The van der Waals surface area contributed by atoms with Crippen LogP contribution >= 0.6 is 0 Å². The molecule has 0 amide bonds. The lowest BCUT2D eigenvalue weighted by Gasteiger charge is -2.29. The minimum atomic E-state index is 0.630. The van der Waals surface area contributed by atoms with E-state index in [1.165, 1.54) is 24.9 Å². The van der Waals surface area contributed by atoms with E-state index in [4.69, 9.17) is 5.73 Å². The summed E-state index contributed by atoms with van der Waals surface area (Å²) in [4.78, 5) is 6.58. The summed E-state index contributed by atoms with van der Waals surface area (Å²) in [5.41, 5.74) is 7.96. The van der Waals surface area contributed by atoms with Gasteiger partial charge in [0.25, 0.3) is 0 Å². The monoisotopic (exact) mass is 191 g/mol. The summed E-state index contributed by atoms with van der Waals surface area (Å²) in [6, 6.07) is 4.08. The Morgan fingerprint density at radius 3 is 2.57 bits per heavy atom. The summed E-state index contributed by atoms with van der Waals surface area (Å²) in [7, 11) is 0. The predicted octanol–water partition coefficient (Wildman–Crippen LogP) is 1.96. The lowest BCUT2D eigenvalue weighted by molar-refractivity contribution is 0.577. The van der Waals surface area contributed by atoms with Crippen LogP contribution in [0.15, 0.2) is 12.1 Å². The lowest BCUT2D eigenvalue weighted by atomic mass is 10.1. The Kier molecular flexibility index (Phi) is 2.57. The lowest BCUT2D eigenvalue weighted by Crippen LogP contribution is -2.29. The second kappa shape index (κ2) is 3.86. The van der Waals surface area contributed by atoms with Gasteiger partial charge in [-0.15, -0.1) is 0 Å². The minimum Gasteiger partial charge on any atom is -0.384 e. The molecule has 2 heterocycles. The van der Waals surface area contributed by atoms with E-state index in [0.717, 1.165) is 18.8 Å². The van der Waals surface area contributed by atoms with Crippen LogP contribution in [-0.2, 0) is 0 Å². The Bertz CT molecular complexity index is 296. The number of nitrogen functional groups attached to an aromatic ring is 1. The highest BCUT2D eigenvalue weighted by Gasteiger charge is 2.11. The third-order valence-corrected chi connectivity index (χ3v) is 2.68. The fourth-order valence-corrected chi connectivity index (χ4v) is 2.01. The standard InChI is InChI=1S/C11H17N3/c1-9-7-10(8-11(12)13-9)14-5-3-2-4-6-14/h7-8H,2-6H2,1H3,(H2,12,13). The molecule has 1 fully saturated rings. The normalized spacial score (nSPS) is 17.1. The molecule has 3 heteroatoms. The second-order valence-corrected chi connectivity index (χ2v) is 3.94. The first-order valence-electron chi connectivity index (χ1n) is 5.25. The van der Waals surface area contributed by atoms with E-state index in [1.807, 2.05) is 13.0 Å². The van der Waals surface area contributed by atoms with Gasteiger partial charge in [0.2, 0.25) is 0 Å². The number of pyridine rings is 1. The van der Waals surface area contributed by atoms with Gasteiger partial charge in [-0.25, -0.2) is 4.98 Å². The van der Waals surface area contributed by atoms with Crippen LogP contribution in [0.2, 0.25) is 0 Å². The van der Waals surface area contributed by atoms with E-state index in [-0.39, 0.29) is 0 Å². The number of aromatic nitrogens is 1. The molecular formula is C11H17N3. The molecule has 0 aliphatic carbocycles. The van der Waals surface area contributed by atoms with E-state index >= 15 is 0 Å². The molecule has 1 aliphatic heterocycles.